The summed E-state index contributed by atoms with van der Waals surface area (Å²) in [5.74, 6) is 0.231. The molecule has 2 heterocycles. The van der Waals surface area contributed by atoms with Crippen LogP contribution in [0.1, 0.15) is 17.3 Å². The smallest absolute Gasteiger partial charge is 0.254 e. The van der Waals surface area contributed by atoms with E-state index in [0.717, 1.165) is 5.56 Å². The molecule has 24 heavy (non-hydrogen) atoms. The van der Waals surface area contributed by atoms with E-state index in [1.807, 2.05) is 13.0 Å². The van der Waals surface area contributed by atoms with E-state index in [0.29, 0.717) is 30.2 Å². The summed E-state index contributed by atoms with van der Waals surface area (Å²) >= 11 is 0. The topological polar surface area (TPSA) is 102 Å². The number of amides is 1. The average Bonchev–Trinajstić information content (AvgIpc) is 3.01. The van der Waals surface area contributed by atoms with Gasteiger partial charge in [-0.05, 0) is 19.1 Å². The summed E-state index contributed by atoms with van der Waals surface area (Å²) in [5, 5.41) is 10.00. The van der Waals surface area contributed by atoms with Crippen molar-refractivity contribution < 1.29 is 14.6 Å². The standard InChI is InChI=1S/C17H20N4O3/c1-2-21(14-8-24-9-15(14)22)17(23)12-5-3-4-11(6-12)13-7-16(18)20-10-19-13/h3-7,10,14-15,22H,2,8-9H2,1H3,(H2,18,19,20)/t14-,15-/m1/s1. The summed E-state index contributed by atoms with van der Waals surface area (Å²) in [6.45, 7) is 2.99. The van der Waals surface area contributed by atoms with Crippen molar-refractivity contribution in [3.05, 3.63) is 42.2 Å². The number of carbonyl (C=O) groups is 1. The highest BCUT2D eigenvalue weighted by atomic mass is 16.5. The van der Waals surface area contributed by atoms with Crippen LogP contribution in [-0.4, -0.2) is 57.8 Å². The Balaban J connectivity index is 1.88. The Labute approximate surface area is 140 Å². The van der Waals surface area contributed by atoms with Crippen molar-refractivity contribution in [3.63, 3.8) is 0 Å². The molecule has 0 radical (unpaired) electrons. The van der Waals surface area contributed by atoms with Gasteiger partial charge in [-0.3, -0.25) is 4.79 Å². The monoisotopic (exact) mass is 328 g/mol. The SMILES string of the molecule is CCN(C(=O)c1cccc(-c2cc(N)ncn2)c1)[C@@H]1COC[C@H]1O. The molecule has 1 aliphatic heterocycles. The van der Waals surface area contributed by atoms with Crippen LogP contribution in [0.15, 0.2) is 36.7 Å². The van der Waals surface area contributed by atoms with Crippen LogP contribution in [0.2, 0.25) is 0 Å². The second-order valence-electron chi connectivity index (χ2n) is 5.67. The summed E-state index contributed by atoms with van der Waals surface area (Å²) in [7, 11) is 0. The van der Waals surface area contributed by atoms with Gasteiger partial charge in [-0.15, -0.1) is 0 Å². The van der Waals surface area contributed by atoms with Gasteiger partial charge in [-0.2, -0.15) is 0 Å². The third-order valence-electron chi connectivity index (χ3n) is 4.12. The zero-order chi connectivity index (χ0) is 17.1. The first-order chi connectivity index (χ1) is 11.6. The highest BCUT2D eigenvalue weighted by molar-refractivity contribution is 5.95. The first kappa shape index (κ1) is 16.4. The van der Waals surface area contributed by atoms with Gasteiger partial charge in [0, 0.05) is 23.7 Å². The van der Waals surface area contributed by atoms with Gasteiger partial charge in [0.2, 0.25) is 0 Å². The summed E-state index contributed by atoms with van der Waals surface area (Å²) in [4.78, 5) is 22.6. The largest absolute Gasteiger partial charge is 0.388 e. The predicted molar refractivity (Wildman–Crippen MR) is 89.2 cm³/mol. The Hall–Kier alpha value is -2.51. The minimum absolute atomic E-state index is 0.143. The van der Waals surface area contributed by atoms with E-state index in [9.17, 15) is 9.90 Å². The molecular formula is C17H20N4O3. The van der Waals surface area contributed by atoms with Crippen LogP contribution in [0.25, 0.3) is 11.3 Å². The van der Waals surface area contributed by atoms with Gasteiger partial charge in [-0.25, -0.2) is 9.97 Å². The number of aromatic nitrogens is 2. The minimum Gasteiger partial charge on any atom is -0.388 e. The van der Waals surface area contributed by atoms with Crippen LogP contribution in [-0.2, 0) is 4.74 Å². The summed E-state index contributed by atoms with van der Waals surface area (Å²) in [5.41, 5.74) is 7.67. The molecule has 0 bridgehead atoms. The molecule has 0 saturated carbocycles. The molecule has 1 aromatic carbocycles. The molecule has 1 amide bonds. The molecule has 0 aliphatic carbocycles. The lowest BCUT2D eigenvalue weighted by Crippen LogP contribution is -2.46. The number of aliphatic hydroxyl groups is 1. The van der Waals surface area contributed by atoms with Crippen molar-refractivity contribution in [2.45, 2.75) is 19.1 Å². The van der Waals surface area contributed by atoms with Crippen molar-refractivity contribution in [2.24, 2.45) is 0 Å². The zero-order valence-electron chi connectivity index (χ0n) is 13.4. The van der Waals surface area contributed by atoms with Gasteiger partial charge < -0.3 is 20.5 Å². The lowest BCUT2D eigenvalue weighted by Gasteiger charge is -2.29. The van der Waals surface area contributed by atoms with E-state index >= 15 is 0 Å². The van der Waals surface area contributed by atoms with Crippen LogP contribution in [0.4, 0.5) is 5.82 Å². The zero-order valence-corrected chi connectivity index (χ0v) is 13.4. The molecular weight excluding hydrogens is 308 g/mol. The van der Waals surface area contributed by atoms with Gasteiger partial charge in [0.15, 0.2) is 0 Å². The van der Waals surface area contributed by atoms with E-state index in [4.69, 9.17) is 10.5 Å². The summed E-state index contributed by atoms with van der Waals surface area (Å²) < 4.78 is 5.27. The Morgan fingerprint density at radius 1 is 1.38 bits per heavy atom. The van der Waals surface area contributed by atoms with Crippen LogP contribution < -0.4 is 5.73 Å². The van der Waals surface area contributed by atoms with Crippen molar-refractivity contribution in [3.8, 4) is 11.3 Å². The quantitative estimate of drug-likeness (QED) is 0.866. The fourth-order valence-corrected chi connectivity index (χ4v) is 2.87. The number of hydrogen-bond donors (Lipinski definition) is 2. The number of hydrogen-bond acceptors (Lipinski definition) is 6. The molecule has 3 rings (SSSR count). The second kappa shape index (κ2) is 6.94. The number of anilines is 1. The van der Waals surface area contributed by atoms with Crippen LogP contribution in [0, 0.1) is 0 Å². The first-order valence-corrected chi connectivity index (χ1v) is 7.85. The van der Waals surface area contributed by atoms with Gasteiger partial charge in [0.05, 0.1) is 31.1 Å². The Kier molecular flexibility index (Phi) is 4.73. The van der Waals surface area contributed by atoms with Gasteiger partial charge in [0.25, 0.3) is 5.91 Å². The fraction of sp³-hybridized carbons (Fsp3) is 0.353. The van der Waals surface area contributed by atoms with Crippen molar-refractivity contribution in [1.82, 2.24) is 14.9 Å². The van der Waals surface area contributed by atoms with E-state index in [1.54, 1.807) is 29.2 Å². The molecule has 3 N–H and O–H groups in total. The average molecular weight is 328 g/mol. The number of nitrogen functional groups attached to an aromatic ring is 1. The normalized spacial score (nSPS) is 20.1. The maximum atomic E-state index is 12.9. The number of nitrogens with two attached hydrogens (primary N) is 1. The molecule has 126 valence electrons. The van der Waals surface area contributed by atoms with Crippen LogP contribution in [0.5, 0.6) is 0 Å². The Bertz CT molecular complexity index is 737. The van der Waals surface area contributed by atoms with Gasteiger partial charge in [-0.1, -0.05) is 12.1 Å². The number of carbonyl (C=O) groups excluding carboxylic acids is 1. The maximum absolute atomic E-state index is 12.9. The number of likely N-dealkylation sites (N-methyl/N-ethyl adjacent to an activating group) is 1. The van der Waals surface area contributed by atoms with Crippen molar-refractivity contribution >= 4 is 11.7 Å². The number of nitrogens with zero attached hydrogens (tertiary/aromatic N) is 3. The highest BCUT2D eigenvalue weighted by Gasteiger charge is 2.34. The minimum atomic E-state index is -0.654. The fourth-order valence-electron chi connectivity index (χ4n) is 2.87. The maximum Gasteiger partial charge on any atom is 0.254 e. The molecule has 2 atom stereocenters. The van der Waals surface area contributed by atoms with Crippen molar-refractivity contribution in [2.75, 3.05) is 25.5 Å². The van der Waals surface area contributed by atoms with Crippen molar-refractivity contribution in [1.29, 1.82) is 0 Å². The highest BCUT2D eigenvalue weighted by Crippen LogP contribution is 2.22. The van der Waals surface area contributed by atoms with E-state index in [1.165, 1.54) is 6.33 Å². The Morgan fingerprint density at radius 3 is 2.88 bits per heavy atom. The van der Waals surface area contributed by atoms with E-state index in [-0.39, 0.29) is 18.6 Å². The molecule has 2 aromatic rings. The molecule has 7 nitrogen and oxygen atoms in total. The number of benzene rings is 1. The molecule has 0 spiro atoms. The van der Waals surface area contributed by atoms with Gasteiger partial charge in [0.1, 0.15) is 12.1 Å². The summed E-state index contributed by atoms with van der Waals surface area (Å²) in [6, 6.07) is 8.53. The lowest BCUT2D eigenvalue weighted by molar-refractivity contribution is 0.0520. The Morgan fingerprint density at radius 2 is 2.21 bits per heavy atom. The molecule has 1 aromatic heterocycles. The van der Waals surface area contributed by atoms with E-state index < -0.39 is 6.10 Å². The van der Waals surface area contributed by atoms with Gasteiger partial charge >= 0.3 is 0 Å². The molecule has 0 unspecified atom stereocenters. The third-order valence-corrected chi connectivity index (χ3v) is 4.12. The van der Waals surface area contributed by atoms with Crippen LogP contribution in [0.3, 0.4) is 0 Å². The molecule has 1 saturated heterocycles. The predicted octanol–water partition coefficient (Wildman–Crippen LogP) is 0.948. The number of aliphatic hydroxyl groups excluding tert-OH is 1. The van der Waals surface area contributed by atoms with E-state index in [2.05, 4.69) is 9.97 Å². The molecule has 1 fully saturated rings. The molecule has 7 heteroatoms. The third kappa shape index (κ3) is 3.22. The molecule has 1 aliphatic rings. The van der Waals surface area contributed by atoms with Crippen LogP contribution >= 0.6 is 0 Å². The summed E-state index contributed by atoms with van der Waals surface area (Å²) in [6.07, 6.45) is 0.739. The number of rotatable bonds is 4. The first-order valence-electron chi connectivity index (χ1n) is 7.85. The number of ether oxygens (including phenoxy) is 1. The lowest BCUT2D eigenvalue weighted by atomic mass is 10.1. The second-order valence-corrected chi connectivity index (χ2v) is 5.67.